The van der Waals surface area contributed by atoms with Crippen LogP contribution in [0.2, 0.25) is 0 Å². The summed E-state index contributed by atoms with van der Waals surface area (Å²) in [5.74, 6) is 1.10. The number of aryl methyl sites for hydroxylation is 1. The van der Waals surface area contributed by atoms with Gasteiger partial charge < -0.3 is 16.0 Å². The standard InChI is InChI=1S/C21H24N6/c1-14-13-16(15-5-3-2-4-6-15)23-19-17(14)18(22)24-20(25-19)26-21-7-10-27(11-8-21)12-9-21/h2-6,13H,7-12H2,1H3,(H3,22,23,24,25,26). The zero-order valence-corrected chi connectivity index (χ0v) is 15.6. The summed E-state index contributed by atoms with van der Waals surface area (Å²) in [7, 11) is 0. The average molecular weight is 360 g/mol. The Morgan fingerprint density at radius 2 is 1.70 bits per heavy atom. The zero-order valence-electron chi connectivity index (χ0n) is 15.6. The molecule has 1 aromatic carbocycles. The summed E-state index contributed by atoms with van der Waals surface area (Å²) in [6, 6.07) is 12.2. The van der Waals surface area contributed by atoms with Crippen LogP contribution in [0.1, 0.15) is 24.8 Å². The van der Waals surface area contributed by atoms with E-state index in [2.05, 4.69) is 33.4 Å². The van der Waals surface area contributed by atoms with Gasteiger partial charge in [0, 0.05) is 30.7 Å². The molecule has 3 aromatic rings. The topological polar surface area (TPSA) is 80.0 Å². The van der Waals surface area contributed by atoms with Crippen LogP contribution >= 0.6 is 0 Å². The van der Waals surface area contributed by atoms with Gasteiger partial charge in [-0.25, -0.2) is 4.98 Å². The van der Waals surface area contributed by atoms with Gasteiger partial charge in [-0.2, -0.15) is 9.97 Å². The van der Waals surface area contributed by atoms with Crippen molar-refractivity contribution in [1.29, 1.82) is 0 Å². The van der Waals surface area contributed by atoms with E-state index in [0.717, 1.165) is 61.1 Å². The van der Waals surface area contributed by atoms with Crippen molar-refractivity contribution in [2.45, 2.75) is 31.7 Å². The smallest absolute Gasteiger partial charge is 0.227 e. The summed E-state index contributed by atoms with van der Waals surface area (Å²) < 4.78 is 0. The van der Waals surface area contributed by atoms with Crippen molar-refractivity contribution in [2.75, 3.05) is 30.7 Å². The fraction of sp³-hybridized carbons (Fsp3) is 0.381. The van der Waals surface area contributed by atoms with Crippen LogP contribution in [-0.2, 0) is 0 Å². The van der Waals surface area contributed by atoms with E-state index in [1.165, 1.54) is 0 Å². The number of benzene rings is 1. The molecule has 3 aliphatic rings. The number of hydrogen-bond acceptors (Lipinski definition) is 6. The SMILES string of the molecule is Cc1cc(-c2ccccc2)nc2nc(NC34CCN(CC3)CC4)nc(N)c12. The van der Waals surface area contributed by atoms with Crippen molar-refractivity contribution in [1.82, 2.24) is 19.9 Å². The molecule has 0 aliphatic carbocycles. The Balaban J connectivity index is 1.56. The highest BCUT2D eigenvalue weighted by atomic mass is 15.2. The third kappa shape index (κ3) is 2.90. The number of rotatable bonds is 3. The van der Waals surface area contributed by atoms with Crippen LogP contribution in [0.3, 0.4) is 0 Å². The summed E-state index contributed by atoms with van der Waals surface area (Å²) in [4.78, 5) is 16.7. The van der Waals surface area contributed by atoms with Gasteiger partial charge in [-0.1, -0.05) is 30.3 Å². The number of fused-ring (bicyclic) bond motifs is 4. The average Bonchev–Trinajstić information content (AvgIpc) is 2.69. The second kappa shape index (κ2) is 6.16. The maximum absolute atomic E-state index is 6.31. The molecule has 2 aromatic heterocycles. The molecule has 3 fully saturated rings. The quantitative estimate of drug-likeness (QED) is 0.746. The van der Waals surface area contributed by atoms with Crippen molar-refractivity contribution in [2.24, 2.45) is 0 Å². The maximum atomic E-state index is 6.31. The molecule has 0 spiro atoms. The number of anilines is 2. The number of nitrogens with two attached hydrogens (primary N) is 1. The van der Waals surface area contributed by atoms with E-state index in [-0.39, 0.29) is 5.54 Å². The highest BCUT2D eigenvalue weighted by molar-refractivity contribution is 5.91. The van der Waals surface area contributed by atoms with Gasteiger partial charge in [0.1, 0.15) is 5.82 Å². The normalized spacial score (nSPS) is 24.3. The Hall–Kier alpha value is -2.73. The minimum absolute atomic E-state index is 0.0982. The monoisotopic (exact) mass is 360 g/mol. The third-order valence-electron chi connectivity index (χ3n) is 6.06. The third-order valence-corrected chi connectivity index (χ3v) is 6.06. The fourth-order valence-corrected chi connectivity index (χ4v) is 4.41. The van der Waals surface area contributed by atoms with E-state index in [4.69, 9.17) is 15.7 Å². The van der Waals surface area contributed by atoms with Gasteiger partial charge in [0.05, 0.1) is 11.1 Å². The lowest BCUT2D eigenvalue weighted by atomic mass is 9.80. The maximum Gasteiger partial charge on any atom is 0.227 e. The van der Waals surface area contributed by atoms with Crippen LogP contribution in [0.4, 0.5) is 11.8 Å². The Bertz CT molecular complexity index is 979. The summed E-state index contributed by atoms with van der Waals surface area (Å²) in [6.45, 7) is 5.47. The molecular formula is C21H24N6. The van der Waals surface area contributed by atoms with Gasteiger partial charge >= 0.3 is 0 Å². The Labute approximate surface area is 158 Å². The predicted molar refractivity (Wildman–Crippen MR) is 109 cm³/mol. The molecule has 0 unspecified atom stereocenters. The lowest BCUT2D eigenvalue weighted by Gasteiger charge is -2.48. The first kappa shape index (κ1) is 16.4. The number of aromatic nitrogens is 3. The summed E-state index contributed by atoms with van der Waals surface area (Å²) >= 11 is 0. The van der Waals surface area contributed by atoms with Gasteiger partial charge in [-0.05, 0) is 37.8 Å². The van der Waals surface area contributed by atoms with Crippen molar-refractivity contribution in [3.63, 3.8) is 0 Å². The molecule has 138 valence electrons. The van der Waals surface area contributed by atoms with E-state index < -0.39 is 0 Å². The lowest BCUT2D eigenvalue weighted by Crippen LogP contribution is -2.56. The minimum atomic E-state index is 0.0982. The van der Waals surface area contributed by atoms with Crippen molar-refractivity contribution in [3.05, 3.63) is 42.0 Å². The van der Waals surface area contributed by atoms with Crippen LogP contribution < -0.4 is 11.1 Å². The van der Waals surface area contributed by atoms with Crippen LogP contribution in [0, 0.1) is 6.92 Å². The molecule has 3 N–H and O–H groups in total. The number of piperidine rings is 3. The second-order valence-corrected chi connectivity index (χ2v) is 7.82. The first-order chi connectivity index (χ1) is 13.1. The summed E-state index contributed by atoms with van der Waals surface area (Å²) in [5.41, 5.74) is 10.1. The van der Waals surface area contributed by atoms with E-state index in [0.29, 0.717) is 17.4 Å². The molecule has 2 bridgehead atoms. The van der Waals surface area contributed by atoms with E-state index in [1.807, 2.05) is 25.1 Å². The fourth-order valence-electron chi connectivity index (χ4n) is 4.41. The molecular weight excluding hydrogens is 336 g/mol. The van der Waals surface area contributed by atoms with Crippen LogP contribution in [0.5, 0.6) is 0 Å². The molecule has 5 heterocycles. The molecule has 0 radical (unpaired) electrons. The number of nitrogens with zero attached hydrogens (tertiary/aromatic N) is 4. The molecule has 0 saturated carbocycles. The van der Waals surface area contributed by atoms with Gasteiger partial charge in [-0.3, -0.25) is 0 Å². The first-order valence-electron chi connectivity index (χ1n) is 9.63. The first-order valence-corrected chi connectivity index (χ1v) is 9.63. The van der Waals surface area contributed by atoms with Crippen molar-refractivity contribution >= 4 is 22.8 Å². The Kier molecular flexibility index (Phi) is 3.75. The second-order valence-electron chi connectivity index (χ2n) is 7.82. The summed E-state index contributed by atoms with van der Waals surface area (Å²) in [6.07, 6.45) is 3.39. The van der Waals surface area contributed by atoms with Gasteiger partial charge in [0.2, 0.25) is 5.95 Å². The number of nitrogens with one attached hydrogen (secondary N) is 1. The van der Waals surface area contributed by atoms with Crippen LogP contribution in [-0.4, -0.2) is 45.0 Å². The molecule has 6 nitrogen and oxygen atoms in total. The molecule has 0 atom stereocenters. The largest absolute Gasteiger partial charge is 0.383 e. The van der Waals surface area contributed by atoms with Crippen molar-refractivity contribution < 1.29 is 0 Å². The van der Waals surface area contributed by atoms with Gasteiger partial charge in [0.15, 0.2) is 5.65 Å². The molecule has 3 saturated heterocycles. The van der Waals surface area contributed by atoms with Gasteiger partial charge in [0.25, 0.3) is 0 Å². The predicted octanol–water partition coefficient (Wildman–Crippen LogP) is 3.23. The number of pyridine rings is 1. The molecule has 3 aliphatic heterocycles. The molecule has 6 heteroatoms. The Morgan fingerprint density at radius 1 is 1.00 bits per heavy atom. The van der Waals surface area contributed by atoms with E-state index >= 15 is 0 Å². The van der Waals surface area contributed by atoms with Crippen molar-refractivity contribution in [3.8, 4) is 11.3 Å². The van der Waals surface area contributed by atoms with E-state index in [1.54, 1.807) is 0 Å². The van der Waals surface area contributed by atoms with Gasteiger partial charge in [-0.15, -0.1) is 0 Å². The molecule has 27 heavy (non-hydrogen) atoms. The minimum Gasteiger partial charge on any atom is -0.383 e. The Morgan fingerprint density at radius 3 is 2.41 bits per heavy atom. The number of hydrogen-bond donors (Lipinski definition) is 2. The summed E-state index contributed by atoms with van der Waals surface area (Å²) in [5, 5.41) is 4.47. The highest BCUT2D eigenvalue weighted by Crippen LogP contribution is 2.35. The highest BCUT2D eigenvalue weighted by Gasteiger charge is 2.39. The number of nitrogen functional groups attached to an aromatic ring is 1. The van der Waals surface area contributed by atoms with E-state index in [9.17, 15) is 0 Å². The molecule has 6 rings (SSSR count). The van der Waals surface area contributed by atoms with Crippen LogP contribution in [0.15, 0.2) is 36.4 Å². The zero-order chi connectivity index (χ0) is 18.4. The molecule has 0 amide bonds. The lowest BCUT2D eigenvalue weighted by molar-refractivity contribution is 0.0987. The van der Waals surface area contributed by atoms with Crippen LogP contribution in [0.25, 0.3) is 22.3 Å².